The summed E-state index contributed by atoms with van der Waals surface area (Å²) in [5.41, 5.74) is 0.872. The molecule has 0 saturated carbocycles. The van der Waals surface area contributed by atoms with Crippen LogP contribution in [0.1, 0.15) is 15.9 Å². The second kappa shape index (κ2) is 4.11. The maximum atomic E-state index is 11.2. The normalized spacial score (nSPS) is 9.00. The van der Waals surface area contributed by atoms with Crippen molar-refractivity contribution in [1.29, 1.82) is 5.26 Å². The number of nitrogens with zero attached hydrogens (tertiary/aromatic N) is 1. The van der Waals surface area contributed by atoms with Gasteiger partial charge >= 0.3 is 84.5 Å². The summed E-state index contributed by atoms with van der Waals surface area (Å²) in [6, 6.07) is 6.82. The zero-order chi connectivity index (χ0) is 9.84. The Kier molecular flexibility index (Phi) is 3.11. The Morgan fingerprint density at radius 3 is 2.85 bits per heavy atom. The van der Waals surface area contributed by atoms with Crippen LogP contribution in [-0.2, 0) is 4.74 Å². The van der Waals surface area contributed by atoms with Gasteiger partial charge < -0.3 is 0 Å². The van der Waals surface area contributed by atoms with Crippen molar-refractivity contribution in [3.8, 4) is 6.07 Å². The van der Waals surface area contributed by atoms with Crippen molar-refractivity contribution in [3.05, 3.63) is 29.3 Å². The summed E-state index contributed by atoms with van der Waals surface area (Å²) in [5.74, 6) is -0.423. The number of carbonyl (C=O) groups is 1. The zero-order valence-electron chi connectivity index (χ0n) is 6.94. The number of ether oxygens (including phenoxy) is 1. The van der Waals surface area contributed by atoms with Crippen molar-refractivity contribution in [3.63, 3.8) is 0 Å². The van der Waals surface area contributed by atoms with E-state index in [4.69, 9.17) is 5.26 Å². The number of rotatable bonds is 1. The molecule has 0 aliphatic rings. The Bertz CT molecular complexity index is 382. The molecule has 1 rings (SSSR count). The predicted octanol–water partition coefficient (Wildman–Crippen LogP) is 0.139. The van der Waals surface area contributed by atoms with Crippen LogP contribution in [0.5, 0.6) is 0 Å². The van der Waals surface area contributed by atoms with Gasteiger partial charge in [0.1, 0.15) is 0 Å². The van der Waals surface area contributed by atoms with Crippen LogP contribution < -0.4 is 4.35 Å². The van der Waals surface area contributed by atoms with Gasteiger partial charge in [-0.1, -0.05) is 0 Å². The Labute approximate surface area is 84.8 Å². The fourth-order valence-corrected chi connectivity index (χ4v) is 1.36. The Morgan fingerprint density at radius 2 is 2.31 bits per heavy atom. The van der Waals surface area contributed by atoms with Gasteiger partial charge in [-0.05, 0) is 0 Å². The summed E-state index contributed by atoms with van der Waals surface area (Å²) in [7, 11) is 1.31. The summed E-state index contributed by atoms with van der Waals surface area (Å²) in [6.07, 6.45) is 0. The van der Waals surface area contributed by atoms with E-state index in [0.717, 1.165) is 4.35 Å². The van der Waals surface area contributed by atoms with Gasteiger partial charge in [0.25, 0.3) is 0 Å². The fraction of sp³-hybridized carbons (Fsp3) is 0.111. The first kappa shape index (κ1) is 9.82. The van der Waals surface area contributed by atoms with E-state index in [1.54, 1.807) is 12.1 Å². The van der Waals surface area contributed by atoms with E-state index >= 15 is 0 Å². The van der Waals surface area contributed by atoms with Crippen LogP contribution in [0.2, 0.25) is 0 Å². The number of nitriles is 1. The van der Waals surface area contributed by atoms with Crippen molar-refractivity contribution in [2.75, 3.05) is 7.11 Å². The van der Waals surface area contributed by atoms with Crippen LogP contribution in [0.4, 0.5) is 0 Å². The molecule has 0 atom stereocenters. The van der Waals surface area contributed by atoms with Crippen LogP contribution in [0.3, 0.4) is 0 Å². The number of hydrogen-bond donors (Lipinski definition) is 0. The van der Waals surface area contributed by atoms with Crippen LogP contribution in [0.25, 0.3) is 0 Å². The van der Waals surface area contributed by atoms with Crippen molar-refractivity contribution in [2.45, 2.75) is 0 Å². The molecule has 4 heteroatoms. The third kappa shape index (κ3) is 2.10. The van der Waals surface area contributed by atoms with Gasteiger partial charge in [-0.3, -0.25) is 0 Å². The first-order valence-electron chi connectivity index (χ1n) is 3.50. The Hall–Kier alpha value is -1.26. The molecule has 2 radical (unpaired) electrons. The molecule has 1 aromatic carbocycles. The van der Waals surface area contributed by atoms with Gasteiger partial charge in [-0.25, -0.2) is 0 Å². The summed E-state index contributed by atoms with van der Waals surface area (Å²) in [6.45, 7) is 0. The molecule has 0 N–H and O–H groups in total. The van der Waals surface area contributed by atoms with Crippen LogP contribution in [0.15, 0.2) is 18.2 Å². The molecule has 0 saturated heterocycles. The summed E-state index contributed by atoms with van der Waals surface area (Å²) in [5, 5.41) is 8.60. The monoisotopic (exact) mass is 235 g/mol. The van der Waals surface area contributed by atoms with Gasteiger partial charge in [0.2, 0.25) is 0 Å². The SMILES string of the molecule is COC(=O)c1cc(C#N)ccc1[As]. The van der Waals surface area contributed by atoms with Gasteiger partial charge in [-0.2, -0.15) is 0 Å². The second-order valence-electron chi connectivity index (χ2n) is 2.34. The number of carbonyl (C=O) groups excluding carboxylic acids is 1. The van der Waals surface area contributed by atoms with Gasteiger partial charge in [-0.15, -0.1) is 0 Å². The second-order valence-corrected chi connectivity index (χ2v) is 3.35. The summed E-state index contributed by atoms with van der Waals surface area (Å²) >= 11 is 2.26. The van der Waals surface area contributed by atoms with E-state index in [2.05, 4.69) is 21.6 Å². The molecule has 3 nitrogen and oxygen atoms in total. The molecule has 0 fully saturated rings. The maximum absolute atomic E-state index is 11.2. The van der Waals surface area contributed by atoms with Crippen LogP contribution in [0, 0.1) is 11.3 Å². The molecular weight excluding hydrogens is 229 g/mol. The third-order valence-corrected chi connectivity index (χ3v) is 2.35. The van der Waals surface area contributed by atoms with E-state index in [-0.39, 0.29) is 0 Å². The van der Waals surface area contributed by atoms with E-state index in [0.29, 0.717) is 11.1 Å². The van der Waals surface area contributed by atoms with Crippen LogP contribution >= 0.6 is 0 Å². The molecule has 64 valence electrons. The summed E-state index contributed by atoms with van der Waals surface area (Å²) < 4.78 is 5.31. The van der Waals surface area contributed by atoms with Crippen molar-refractivity contribution in [2.24, 2.45) is 0 Å². The van der Waals surface area contributed by atoms with Crippen molar-refractivity contribution < 1.29 is 9.53 Å². The quantitative estimate of drug-likeness (QED) is 0.513. The van der Waals surface area contributed by atoms with E-state index in [9.17, 15) is 4.79 Å². The van der Waals surface area contributed by atoms with Gasteiger partial charge in [0, 0.05) is 0 Å². The molecule has 0 unspecified atom stereocenters. The molecule has 0 bridgehead atoms. The van der Waals surface area contributed by atoms with Gasteiger partial charge in [0.15, 0.2) is 0 Å². The standard InChI is InChI=1S/C9H6AsNO2/c1-13-9(12)7-4-6(5-11)2-3-8(7)10/h2-4H,1H3. The molecule has 0 aromatic heterocycles. The molecule has 13 heavy (non-hydrogen) atoms. The molecule has 0 heterocycles. The number of methoxy groups -OCH3 is 1. The average Bonchev–Trinajstić information content (AvgIpc) is 2.17. The van der Waals surface area contributed by atoms with E-state index in [1.807, 2.05) is 6.07 Å². The molecule has 0 aliphatic carbocycles. The molecule has 0 aliphatic heterocycles. The topological polar surface area (TPSA) is 50.1 Å². The molecule has 0 amide bonds. The number of hydrogen-bond acceptors (Lipinski definition) is 3. The van der Waals surface area contributed by atoms with Crippen molar-refractivity contribution in [1.82, 2.24) is 0 Å². The fourth-order valence-electron chi connectivity index (χ4n) is 0.879. The molecular formula is C9H6AsNO2. The minimum atomic E-state index is -0.423. The molecule has 0 spiro atoms. The zero-order valence-corrected chi connectivity index (χ0v) is 8.82. The minimum absolute atomic E-state index is 0.418. The molecule has 1 aromatic rings. The Balaban J connectivity index is 3.20. The first-order chi connectivity index (χ1) is 6.19. The van der Waals surface area contributed by atoms with Gasteiger partial charge in [0.05, 0.1) is 0 Å². The van der Waals surface area contributed by atoms with Crippen LogP contribution in [-0.4, -0.2) is 29.9 Å². The summed E-state index contributed by atoms with van der Waals surface area (Å²) in [4.78, 5) is 11.2. The number of benzene rings is 1. The average molecular weight is 235 g/mol. The number of esters is 1. The van der Waals surface area contributed by atoms with E-state index in [1.165, 1.54) is 13.2 Å². The van der Waals surface area contributed by atoms with Crippen molar-refractivity contribution >= 4 is 27.2 Å². The van der Waals surface area contributed by atoms with E-state index < -0.39 is 5.97 Å². The predicted molar refractivity (Wildman–Crippen MR) is 47.9 cm³/mol. The Morgan fingerprint density at radius 1 is 1.62 bits per heavy atom. The third-order valence-electron chi connectivity index (χ3n) is 1.53. The first-order valence-corrected chi connectivity index (χ1v) is 4.44.